The van der Waals surface area contributed by atoms with Crippen LogP contribution >= 0.6 is 0 Å². The Balaban J connectivity index is 2.55. The predicted molar refractivity (Wildman–Crippen MR) is 67.7 cm³/mol. The Bertz CT molecular complexity index is 293. The van der Waals surface area contributed by atoms with E-state index in [-0.39, 0.29) is 12.1 Å². The topological polar surface area (TPSA) is 57.4 Å². The minimum atomic E-state index is -0.0801. The highest BCUT2D eigenvalue weighted by atomic mass is 16.5. The fourth-order valence-electron chi connectivity index (χ4n) is 1.61. The summed E-state index contributed by atoms with van der Waals surface area (Å²) in [5, 5.41) is 0. The zero-order valence-corrected chi connectivity index (χ0v) is 10.6. The lowest BCUT2D eigenvalue weighted by Gasteiger charge is -2.23. The minimum absolute atomic E-state index is 0.000901. The second kappa shape index (κ2) is 8.17. The number of hydrogen-bond acceptors (Lipinski definition) is 4. The predicted octanol–water partition coefficient (Wildman–Crippen LogP) is 1.91. The maximum absolute atomic E-state index is 6.08. The number of ether oxygens (including phenoxy) is 2. The van der Waals surface area contributed by atoms with Crippen molar-refractivity contribution < 1.29 is 9.47 Å². The van der Waals surface area contributed by atoms with Gasteiger partial charge in [-0.1, -0.05) is 6.92 Å². The van der Waals surface area contributed by atoms with Crippen LogP contribution in [0.1, 0.15) is 31.9 Å². The van der Waals surface area contributed by atoms with Crippen LogP contribution in [0.5, 0.6) is 0 Å². The van der Waals surface area contributed by atoms with Gasteiger partial charge in [0, 0.05) is 25.0 Å². The quantitative estimate of drug-likeness (QED) is 0.703. The maximum Gasteiger partial charge on any atom is 0.0977 e. The average molecular weight is 238 g/mol. The number of pyridine rings is 1. The lowest BCUT2D eigenvalue weighted by Crippen LogP contribution is -2.30. The van der Waals surface area contributed by atoms with E-state index in [0.717, 1.165) is 12.0 Å². The highest BCUT2D eigenvalue weighted by Crippen LogP contribution is 2.21. The third-order valence-corrected chi connectivity index (χ3v) is 2.62. The first-order valence-corrected chi connectivity index (χ1v) is 6.14. The Hall–Kier alpha value is -0.970. The zero-order valence-electron chi connectivity index (χ0n) is 10.6. The van der Waals surface area contributed by atoms with E-state index in [1.54, 1.807) is 12.4 Å². The highest BCUT2D eigenvalue weighted by molar-refractivity contribution is 5.15. The Kier molecular flexibility index (Phi) is 6.77. The Morgan fingerprint density at radius 2 is 1.94 bits per heavy atom. The van der Waals surface area contributed by atoms with E-state index in [1.165, 1.54) is 0 Å². The first-order chi connectivity index (χ1) is 8.29. The van der Waals surface area contributed by atoms with Gasteiger partial charge in [0.05, 0.1) is 19.3 Å². The van der Waals surface area contributed by atoms with E-state index < -0.39 is 0 Å². The second-order valence-corrected chi connectivity index (χ2v) is 3.84. The second-order valence-electron chi connectivity index (χ2n) is 3.84. The van der Waals surface area contributed by atoms with Crippen molar-refractivity contribution in [2.24, 2.45) is 5.73 Å². The molecule has 2 N–H and O–H groups in total. The van der Waals surface area contributed by atoms with Gasteiger partial charge < -0.3 is 15.2 Å². The van der Waals surface area contributed by atoms with Gasteiger partial charge in [0.2, 0.25) is 0 Å². The molecule has 0 aliphatic rings. The van der Waals surface area contributed by atoms with Gasteiger partial charge in [-0.25, -0.2) is 0 Å². The van der Waals surface area contributed by atoms with Crippen molar-refractivity contribution in [2.75, 3.05) is 19.8 Å². The van der Waals surface area contributed by atoms with Gasteiger partial charge in [-0.2, -0.15) is 0 Å². The molecule has 4 nitrogen and oxygen atoms in total. The molecule has 0 fully saturated rings. The van der Waals surface area contributed by atoms with E-state index in [1.807, 2.05) is 19.1 Å². The van der Waals surface area contributed by atoms with Crippen LogP contribution in [0.15, 0.2) is 24.5 Å². The number of aromatic nitrogens is 1. The lowest BCUT2D eigenvalue weighted by atomic mass is 10.0. The van der Waals surface area contributed by atoms with Crippen LogP contribution in [0.2, 0.25) is 0 Å². The molecule has 0 radical (unpaired) electrons. The van der Waals surface area contributed by atoms with Gasteiger partial charge in [0.1, 0.15) is 0 Å². The van der Waals surface area contributed by atoms with Gasteiger partial charge in [-0.15, -0.1) is 0 Å². The summed E-state index contributed by atoms with van der Waals surface area (Å²) in [4.78, 5) is 4.00. The highest BCUT2D eigenvalue weighted by Gasteiger charge is 2.18. The summed E-state index contributed by atoms with van der Waals surface area (Å²) >= 11 is 0. The van der Waals surface area contributed by atoms with Crippen molar-refractivity contribution in [1.29, 1.82) is 0 Å². The average Bonchev–Trinajstić information content (AvgIpc) is 2.39. The first kappa shape index (κ1) is 14.1. The van der Waals surface area contributed by atoms with Crippen LogP contribution < -0.4 is 5.73 Å². The summed E-state index contributed by atoms with van der Waals surface area (Å²) in [6, 6.07) is 3.89. The molecular formula is C13H22N2O2. The SMILES string of the molecule is CCOCCOC(c1ccncc1)C(N)CC. The largest absolute Gasteiger partial charge is 0.379 e. The summed E-state index contributed by atoms with van der Waals surface area (Å²) < 4.78 is 11.1. The van der Waals surface area contributed by atoms with Crippen LogP contribution in [-0.4, -0.2) is 30.8 Å². The summed E-state index contributed by atoms with van der Waals surface area (Å²) in [5.74, 6) is 0. The van der Waals surface area contributed by atoms with E-state index in [0.29, 0.717) is 19.8 Å². The van der Waals surface area contributed by atoms with Crippen molar-refractivity contribution in [2.45, 2.75) is 32.4 Å². The first-order valence-electron chi connectivity index (χ1n) is 6.14. The number of hydrogen-bond donors (Lipinski definition) is 1. The van der Waals surface area contributed by atoms with Crippen molar-refractivity contribution >= 4 is 0 Å². The fourth-order valence-corrected chi connectivity index (χ4v) is 1.61. The van der Waals surface area contributed by atoms with Crippen molar-refractivity contribution in [3.63, 3.8) is 0 Å². The lowest BCUT2D eigenvalue weighted by molar-refractivity contribution is -0.00551. The molecule has 17 heavy (non-hydrogen) atoms. The molecule has 1 aromatic heterocycles. The molecule has 0 aromatic carbocycles. The van der Waals surface area contributed by atoms with Gasteiger partial charge in [-0.3, -0.25) is 4.98 Å². The summed E-state index contributed by atoms with van der Waals surface area (Å²) in [6.45, 7) is 5.91. The summed E-state index contributed by atoms with van der Waals surface area (Å²) in [6.07, 6.45) is 4.32. The molecule has 0 spiro atoms. The molecule has 1 aromatic rings. The number of rotatable bonds is 8. The van der Waals surface area contributed by atoms with E-state index in [9.17, 15) is 0 Å². The van der Waals surface area contributed by atoms with Crippen molar-refractivity contribution in [1.82, 2.24) is 4.98 Å². The molecule has 0 bridgehead atoms. The van der Waals surface area contributed by atoms with E-state index in [2.05, 4.69) is 11.9 Å². The molecular weight excluding hydrogens is 216 g/mol. The monoisotopic (exact) mass is 238 g/mol. The van der Waals surface area contributed by atoms with Crippen LogP contribution in [0.3, 0.4) is 0 Å². The Labute approximate surface area is 103 Å². The van der Waals surface area contributed by atoms with Crippen molar-refractivity contribution in [3.05, 3.63) is 30.1 Å². The molecule has 2 unspecified atom stereocenters. The van der Waals surface area contributed by atoms with Crippen LogP contribution in [0.4, 0.5) is 0 Å². The molecule has 4 heteroatoms. The van der Waals surface area contributed by atoms with E-state index in [4.69, 9.17) is 15.2 Å². The Morgan fingerprint density at radius 1 is 1.24 bits per heavy atom. The zero-order chi connectivity index (χ0) is 12.5. The maximum atomic E-state index is 6.08. The molecule has 0 saturated heterocycles. The van der Waals surface area contributed by atoms with Gasteiger partial charge in [0.15, 0.2) is 0 Å². The third-order valence-electron chi connectivity index (χ3n) is 2.62. The minimum Gasteiger partial charge on any atom is -0.379 e. The molecule has 96 valence electrons. The standard InChI is InChI=1S/C13H22N2O2/c1-3-12(14)13(17-10-9-16-4-2)11-5-7-15-8-6-11/h5-8,12-13H,3-4,9-10,14H2,1-2H3. The van der Waals surface area contributed by atoms with Crippen LogP contribution in [0, 0.1) is 0 Å². The molecule has 1 rings (SSSR count). The van der Waals surface area contributed by atoms with Gasteiger partial charge >= 0.3 is 0 Å². The smallest absolute Gasteiger partial charge is 0.0977 e. The molecule has 0 aliphatic heterocycles. The molecule has 1 heterocycles. The molecule has 0 aliphatic carbocycles. The molecule has 0 amide bonds. The van der Waals surface area contributed by atoms with E-state index >= 15 is 0 Å². The van der Waals surface area contributed by atoms with Crippen LogP contribution in [-0.2, 0) is 9.47 Å². The fraction of sp³-hybridized carbons (Fsp3) is 0.615. The molecule has 0 saturated carbocycles. The summed E-state index contributed by atoms with van der Waals surface area (Å²) in [5.41, 5.74) is 7.15. The number of nitrogens with zero attached hydrogens (tertiary/aromatic N) is 1. The van der Waals surface area contributed by atoms with Gasteiger partial charge in [-0.05, 0) is 31.0 Å². The van der Waals surface area contributed by atoms with Gasteiger partial charge in [0.25, 0.3) is 0 Å². The van der Waals surface area contributed by atoms with Crippen LogP contribution in [0.25, 0.3) is 0 Å². The Morgan fingerprint density at radius 3 is 2.53 bits per heavy atom. The van der Waals surface area contributed by atoms with Crippen molar-refractivity contribution in [3.8, 4) is 0 Å². The number of nitrogens with two attached hydrogens (primary N) is 1. The summed E-state index contributed by atoms with van der Waals surface area (Å²) in [7, 11) is 0. The normalized spacial score (nSPS) is 14.5. The third kappa shape index (κ3) is 4.81. The molecule has 2 atom stereocenters.